The predicted octanol–water partition coefficient (Wildman–Crippen LogP) is 4.46. The van der Waals surface area contributed by atoms with Crippen molar-refractivity contribution in [1.82, 2.24) is 20.1 Å². The van der Waals surface area contributed by atoms with Crippen molar-refractivity contribution in [1.29, 1.82) is 5.26 Å². The molecule has 2 aromatic heterocycles. The average Bonchev–Trinajstić information content (AvgIpc) is 3.15. The van der Waals surface area contributed by atoms with E-state index in [-0.39, 0.29) is 11.6 Å². The molecule has 3 heterocycles. The van der Waals surface area contributed by atoms with Crippen molar-refractivity contribution >= 4 is 22.6 Å². The van der Waals surface area contributed by atoms with E-state index in [1.807, 2.05) is 30.3 Å². The summed E-state index contributed by atoms with van der Waals surface area (Å²) >= 11 is 0. The number of pyridine rings is 1. The molecule has 18 heteroatoms. The van der Waals surface area contributed by atoms with Gasteiger partial charge in [-0.3, -0.25) is 9.69 Å². The number of carboxylic acids is 1. The Morgan fingerprint density at radius 1 is 1.02 bits per heavy atom. The fourth-order valence-corrected chi connectivity index (χ4v) is 5.53. The SMILES string of the molecule is N#Cc1ccc(N2CCN(Cc3cccc(Cc4n[nH]c(=O)c5ccccc45)c3)CC2COCCOCCOCCN=[N+]=[N-])nc1.O=C(O)C(F)(F)F. The Hall–Kier alpha value is -5.57. The summed E-state index contributed by atoms with van der Waals surface area (Å²) in [6, 6.07) is 21.9. The fraction of sp³-hybridized carbons (Fsp3) is 0.400. The normalized spacial score (nSPS) is 14.5. The molecule has 0 spiro atoms. The summed E-state index contributed by atoms with van der Waals surface area (Å²) < 4.78 is 48.7. The summed E-state index contributed by atoms with van der Waals surface area (Å²) in [6.45, 7) is 6.09. The van der Waals surface area contributed by atoms with Crippen molar-refractivity contribution in [2.24, 2.45) is 5.11 Å². The number of carbonyl (C=O) groups is 1. The summed E-state index contributed by atoms with van der Waals surface area (Å²) in [6.07, 6.45) is -2.86. The van der Waals surface area contributed by atoms with Crippen LogP contribution < -0.4 is 10.5 Å². The molecular formula is C35H38F3N9O6. The lowest BCUT2D eigenvalue weighted by Crippen LogP contribution is -2.55. The summed E-state index contributed by atoms with van der Waals surface area (Å²) in [5.74, 6) is -1.93. The van der Waals surface area contributed by atoms with Crippen LogP contribution in [0.4, 0.5) is 19.0 Å². The molecule has 0 bridgehead atoms. The summed E-state index contributed by atoms with van der Waals surface area (Å²) in [5, 5.41) is 28.3. The number of alkyl halides is 3. The molecular weight excluding hydrogens is 699 g/mol. The van der Waals surface area contributed by atoms with E-state index in [1.54, 1.807) is 12.3 Å². The van der Waals surface area contributed by atoms with Crippen LogP contribution in [-0.4, -0.2) is 109 Å². The lowest BCUT2D eigenvalue weighted by Gasteiger charge is -2.42. The van der Waals surface area contributed by atoms with E-state index in [4.69, 9.17) is 29.6 Å². The van der Waals surface area contributed by atoms with Crippen molar-refractivity contribution in [3.8, 4) is 6.07 Å². The van der Waals surface area contributed by atoms with Crippen molar-refractivity contribution in [3.63, 3.8) is 0 Å². The Bertz CT molecular complexity index is 1930. The molecule has 1 aliphatic rings. The monoisotopic (exact) mass is 737 g/mol. The molecule has 0 saturated carbocycles. The number of aromatic nitrogens is 3. The Morgan fingerprint density at radius 3 is 2.40 bits per heavy atom. The Labute approximate surface area is 302 Å². The van der Waals surface area contributed by atoms with Gasteiger partial charge in [-0.2, -0.15) is 23.5 Å². The average molecular weight is 738 g/mol. The zero-order chi connectivity index (χ0) is 38.1. The first-order valence-electron chi connectivity index (χ1n) is 16.5. The van der Waals surface area contributed by atoms with Gasteiger partial charge >= 0.3 is 12.1 Å². The van der Waals surface area contributed by atoms with Gasteiger partial charge < -0.3 is 24.2 Å². The van der Waals surface area contributed by atoms with Gasteiger partial charge in [0.05, 0.1) is 62.3 Å². The van der Waals surface area contributed by atoms with Gasteiger partial charge in [-0.25, -0.2) is 14.9 Å². The van der Waals surface area contributed by atoms with Crippen LogP contribution >= 0.6 is 0 Å². The van der Waals surface area contributed by atoms with Crippen LogP contribution in [0.5, 0.6) is 0 Å². The minimum Gasteiger partial charge on any atom is -0.475 e. The molecule has 2 N–H and O–H groups in total. The number of H-pyrrole nitrogens is 1. The first-order chi connectivity index (χ1) is 25.6. The van der Waals surface area contributed by atoms with Crippen LogP contribution in [0.15, 0.2) is 76.8 Å². The molecule has 1 saturated heterocycles. The second kappa shape index (κ2) is 20.5. The third-order valence-corrected chi connectivity index (χ3v) is 7.98. The highest BCUT2D eigenvalue weighted by Crippen LogP contribution is 2.22. The number of fused-ring (bicyclic) bond motifs is 1. The molecule has 4 aromatic rings. The molecule has 1 atom stereocenters. The largest absolute Gasteiger partial charge is 0.490 e. The number of halogens is 3. The lowest BCUT2D eigenvalue weighted by molar-refractivity contribution is -0.192. The topological polar surface area (TPSA) is 203 Å². The molecule has 5 rings (SSSR count). The fourth-order valence-electron chi connectivity index (χ4n) is 5.53. The van der Waals surface area contributed by atoms with Gasteiger partial charge in [-0.1, -0.05) is 47.6 Å². The Morgan fingerprint density at radius 2 is 1.72 bits per heavy atom. The van der Waals surface area contributed by atoms with Gasteiger partial charge in [0.1, 0.15) is 11.9 Å². The molecule has 15 nitrogen and oxygen atoms in total. The minimum absolute atomic E-state index is 0.0538. The van der Waals surface area contributed by atoms with Crippen molar-refractivity contribution in [3.05, 3.63) is 110 Å². The molecule has 0 amide bonds. The number of nitrogens with zero attached hydrogens (tertiary/aromatic N) is 8. The number of carboxylic acid groups (broad SMARTS) is 1. The van der Waals surface area contributed by atoms with Gasteiger partial charge in [0.25, 0.3) is 5.56 Å². The van der Waals surface area contributed by atoms with Gasteiger partial charge in [0.2, 0.25) is 0 Å². The van der Waals surface area contributed by atoms with Gasteiger partial charge in [0, 0.05) is 55.6 Å². The summed E-state index contributed by atoms with van der Waals surface area (Å²) in [5.41, 5.74) is 11.8. The molecule has 280 valence electrons. The Balaban J connectivity index is 0.000000815. The minimum atomic E-state index is -5.08. The first-order valence-corrected chi connectivity index (χ1v) is 16.5. The van der Waals surface area contributed by atoms with E-state index in [0.29, 0.717) is 63.6 Å². The number of nitriles is 1. The molecule has 1 unspecified atom stereocenters. The number of azide groups is 1. The van der Waals surface area contributed by atoms with Crippen LogP contribution in [-0.2, 0) is 32.0 Å². The number of piperazine rings is 1. The van der Waals surface area contributed by atoms with Crippen LogP contribution in [0.2, 0.25) is 0 Å². The van der Waals surface area contributed by atoms with Crippen molar-refractivity contribution in [2.45, 2.75) is 25.2 Å². The second-order valence-corrected chi connectivity index (χ2v) is 11.7. The molecule has 0 aliphatic carbocycles. The molecule has 0 radical (unpaired) electrons. The maximum absolute atomic E-state index is 12.2. The van der Waals surface area contributed by atoms with Gasteiger partial charge in [0.15, 0.2) is 0 Å². The van der Waals surface area contributed by atoms with Crippen LogP contribution in [0.25, 0.3) is 21.2 Å². The number of hydrogen-bond acceptors (Lipinski definition) is 11. The highest BCUT2D eigenvalue weighted by molar-refractivity contribution is 5.83. The smallest absolute Gasteiger partial charge is 0.475 e. The summed E-state index contributed by atoms with van der Waals surface area (Å²) in [7, 11) is 0. The molecule has 1 aliphatic heterocycles. The Kier molecular flexibility index (Phi) is 15.5. The van der Waals surface area contributed by atoms with E-state index in [2.05, 4.69) is 65.3 Å². The highest BCUT2D eigenvalue weighted by atomic mass is 19.4. The molecule has 53 heavy (non-hydrogen) atoms. The van der Waals surface area contributed by atoms with E-state index < -0.39 is 12.1 Å². The zero-order valence-corrected chi connectivity index (χ0v) is 28.6. The zero-order valence-electron chi connectivity index (χ0n) is 28.6. The number of rotatable bonds is 16. The standard InChI is InChI=1S/C33H37N9O4.C2HF3O2/c34-20-27-8-9-32(36-21-27)42-12-11-41(23-28(42)24-46-17-16-45-15-14-44-13-10-37-40-35)22-26-5-3-4-25(18-26)19-31-29-6-1-2-7-30(29)33(43)39-38-31;3-2(4,5)1(6)7/h1-9,18,21,28H,10-17,19,22-24H2,(H,39,43);(H,6,7). The predicted molar refractivity (Wildman–Crippen MR) is 187 cm³/mol. The quantitative estimate of drug-likeness (QED) is 0.0711. The van der Waals surface area contributed by atoms with E-state index >= 15 is 0 Å². The number of ether oxygens (including phenoxy) is 3. The number of aliphatic carboxylic acids is 1. The van der Waals surface area contributed by atoms with E-state index in [1.165, 1.54) is 5.56 Å². The van der Waals surface area contributed by atoms with Crippen molar-refractivity contribution in [2.75, 3.05) is 70.7 Å². The van der Waals surface area contributed by atoms with Gasteiger partial charge in [-0.15, -0.1) is 0 Å². The lowest BCUT2D eigenvalue weighted by atomic mass is 10.0. The molecule has 2 aromatic carbocycles. The molecule has 1 fully saturated rings. The number of aromatic amines is 1. The maximum Gasteiger partial charge on any atom is 0.490 e. The van der Waals surface area contributed by atoms with Crippen LogP contribution in [0.3, 0.4) is 0 Å². The van der Waals surface area contributed by atoms with Crippen LogP contribution in [0.1, 0.15) is 22.4 Å². The maximum atomic E-state index is 12.2. The summed E-state index contributed by atoms with van der Waals surface area (Å²) in [4.78, 5) is 33.0. The number of benzene rings is 2. The number of anilines is 1. The third-order valence-electron chi connectivity index (χ3n) is 7.98. The first kappa shape index (κ1) is 40.2. The van der Waals surface area contributed by atoms with Gasteiger partial charge in [-0.05, 0) is 34.9 Å². The van der Waals surface area contributed by atoms with E-state index in [9.17, 15) is 23.2 Å². The number of nitrogens with one attached hydrogen (secondary N) is 1. The highest BCUT2D eigenvalue weighted by Gasteiger charge is 2.38. The van der Waals surface area contributed by atoms with Crippen LogP contribution in [0, 0.1) is 11.3 Å². The third kappa shape index (κ3) is 12.9. The second-order valence-electron chi connectivity index (χ2n) is 11.7. The van der Waals surface area contributed by atoms with E-state index in [0.717, 1.165) is 48.6 Å². The number of hydrogen-bond donors (Lipinski definition) is 2. The van der Waals surface area contributed by atoms with Crippen molar-refractivity contribution < 1.29 is 37.3 Å².